The van der Waals surface area contributed by atoms with Crippen LogP contribution in [0.2, 0.25) is 0 Å². The van der Waals surface area contributed by atoms with E-state index < -0.39 is 15.4 Å². The van der Waals surface area contributed by atoms with E-state index in [0.717, 1.165) is 18.4 Å². The third-order valence-electron chi connectivity index (χ3n) is 4.97. The van der Waals surface area contributed by atoms with Gasteiger partial charge in [0.15, 0.2) is 9.84 Å². The zero-order valence-electron chi connectivity index (χ0n) is 14.1. The summed E-state index contributed by atoms with van der Waals surface area (Å²) in [6.07, 6.45) is 3.06. The number of sulfone groups is 1. The molecule has 1 aromatic carbocycles. The van der Waals surface area contributed by atoms with Gasteiger partial charge in [-0.1, -0.05) is 29.8 Å². The van der Waals surface area contributed by atoms with Crippen LogP contribution in [0.5, 0.6) is 0 Å². The van der Waals surface area contributed by atoms with E-state index in [0.29, 0.717) is 25.9 Å². The van der Waals surface area contributed by atoms with Crippen molar-refractivity contribution in [3.8, 4) is 0 Å². The Hall–Kier alpha value is -1.40. The van der Waals surface area contributed by atoms with Gasteiger partial charge in [-0.15, -0.1) is 0 Å². The Morgan fingerprint density at radius 3 is 2.75 bits per heavy atom. The Bertz CT molecular complexity index is 698. The molecule has 2 saturated heterocycles. The lowest BCUT2D eigenvalue weighted by atomic mass is 9.90. The largest absolute Gasteiger partial charge is 0.374 e. The van der Waals surface area contributed by atoms with Gasteiger partial charge in [0, 0.05) is 19.1 Å². The van der Waals surface area contributed by atoms with E-state index in [1.165, 1.54) is 5.56 Å². The molecule has 0 aliphatic carbocycles. The number of aryl methyl sites for hydroxylation is 2. The minimum atomic E-state index is -2.99. The van der Waals surface area contributed by atoms with Crippen molar-refractivity contribution in [3.63, 3.8) is 0 Å². The lowest BCUT2D eigenvalue weighted by Crippen LogP contribution is -2.49. The summed E-state index contributed by atoms with van der Waals surface area (Å²) < 4.78 is 29.3. The molecule has 1 aromatic rings. The van der Waals surface area contributed by atoms with Gasteiger partial charge in [0.25, 0.3) is 0 Å². The zero-order valence-corrected chi connectivity index (χ0v) is 14.9. The molecule has 0 saturated carbocycles. The summed E-state index contributed by atoms with van der Waals surface area (Å²) >= 11 is 0. The van der Waals surface area contributed by atoms with Gasteiger partial charge in [-0.3, -0.25) is 4.79 Å². The average molecular weight is 351 g/mol. The van der Waals surface area contributed by atoms with Gasteiger partial charge in [-0.25, -0.2) is 8.42 Å². The summed E-state index contributed by atoms with van der Waals surface area (Å²) in [5.74, 6) is 0.315. The van der Waals surface area contributed by atoms with Crippen LogP contribution in [-0.2, 0) is 25.8 Å². The summed E-state index contributed by atoms with van der Waals surface area (Å²) in [5, 5.41) is 3.07. The molecule has 2 atom stereocenters. The molecule has 2 fully saturated rings. The van der Waals surface area contributed by atoms with Gasteiger partial charge in [-0.05, 0) is 38.2 Å². The highest BCUT2D eigenvalue weighted by molar-refractivity contribution is 7.91. The van der Waals surface area contributed by atoms with Crippen LogP contribution in [0.3, 0.4) is 0 Å². The molecular formula is C18H25NO4S. The second-order valence-electron chi connectivity index (χ2n) is 7.12. The number of carbonyl (C=O) groups is 1. The van der Waals surface area contributed by atoms with E-state index in [1.54, 1.807) is 0 Å². The van der Waals surface area contributed by atoms with Gasteiger partial charge >= 0.3 is 0 Å². The first-order chi connectivity index (χ1) is 11.4. The molecule has 6 heteroatoms. The molecule has 1 N–H and O–H groups in total. The number of amides is 1. The second-order valence-corrected chi connectivity index (χ2v) is 9.30. The summed E-state index contributed by atoms with van der Waals surface area (Å²) in [5.41, 5.74) is 1.79. The number of hydrogen-bond donors (Lipinski definition) is 1. The topological polar surface area (TPSA) is 72.5 Å². The fourth-order valence-corrected chi connectivity index (χ4v) is 5.60. The summed E-state index contributed by atoms with van der Waals surface area (Å²) in [6.45, 7) is 2.55. The van der Waals surface area contributed by atoms with E-state index >= 15 is 0 Å². The van der Waals surface area contributed by atoms with Crippen molar-refractivity contribution in [2.45, 2.75) is 50.7 Å². The SMILES string of the molecule is Cc1ccc(CCC(=O)N[C@H]2CCO[C@]3(CCS(=O)(=O)C3)C2)cc1. The second kappa shape index (κ2) is 6.84. The first-order valence-electron chi connectivity index (χ1n) is 8.55. The molecule has 0 bridgehead atoms. The van der Waals surface area contributed by atoms with Gasteiger partial charge < -0.3 is 10.1 Å². The molecule has 3 rings (SSSR count). The molecule has 2 heterocycles. The first kappa shape index (κ1) is 17.4. The Morgan fingerprint density at radius 1 is 1.33 bits per heavy atom. The Kier molecular flexibility index (Phi) is 4.97. The molecule has 2 aliphatic heterocycles. The third-order valence-corrected chi connectivity index (χ3v) is 6.76. The minimum absolute atomic E-state index is 0.0116. The van der Waals surface area contributed by atoms with Crippen molar-refractivity contribution in [3.05, 3.63) is 35.4 Å². The number of ether oxygens (including phenoxy) is 1. The highest BCUT2D eigenvalue weighted by Gasteiger charge is 2.46. The highest BCUT2D eigenvalue weighted by atomic mass is 32.2. The van der Waals surface area contributed by atoms with Crippen molar-refractivity contribution in [2.24, 2.45) is 0 Å². The smallest absolute Gasteiger partial charge is 0.220 e. The van der Waals surface area contributed by atoms with Crippen LogP contribution in [0.25, 0.3) is 0 Å². The van der Waals surface area contributed by atoms with Crippen molar-refractivity contribution in [1.82, 2.24) is 5.32 Å². The maximum Gasteiger partial charge on any atom is 0.220 e. The van der Waals surface area contributed by atoms with E-state index in [2.05, 4.69) is 29.6 Å². The Morgan fingerprint density at radius 2 is 2.08 bits per heavy atom. The van der Waals surface area contributed by atoms with Gasteiger partial charge in [0.2, 0.25) is 5.91 Å². The van der Waals surface area contributed by atoms with Crippen LogP contribution in [0.1, 0.15) is 36.8 Å². The monoisotopic (exact) mass is 351 g/mol. The molecule has 2 aliphatic rings. The summed E-state index contributed by atoms with van der Waals surface area (Å²) in [6, 6.07) is 8.22. The first-order valence-corrected chi connectivity index (χ1v) is 10.4. The lowest BCUT2D eigenvalue weighted by Gasteiger charge is -2.37. The maximum absolute atomic E-state index is 12.2. The number of rotatable bonds is 4. The molecule has 132 valence electrons. The molecule has 1 spiro atoms. The Labute approximate surface area is 143 Å². The molecule has 0 unspecified atom stereocenters. The van der Waals surface area contributed by atoms with Crippen LogP contribution >= 0.6 is 0 Å². The minimum Gasteiger partial charge on any atom is -0.374 e. The standard InChI is InChI=1S/C18H25NO4S/c1-14-2-4-15(5-3-14)6-7-17(20)19-16-8-10-23-18(12-16)9-11-24(21,22)13-18/h2-5,16H,6-13H2,1H3,(H,19,20)/t16-,18+/m0/s1. The van der Waals surface area contributed by atoms with Gasteiger partial charge in [0.1, 0.15) is 0 Å². The van der Waals surface area contributed by atoms with Crippen LogP contribution in [-0.4, -0.2) is 44.1 Å². The fraction of sp³-hybridized carbons (Fsp3) is 0.611. The molecule has 1 amide bonds. The fourth-order valence-electron chi connectivity index (χ4n) is 3.62. The van der Waals surface area contributed by atoms with Crippen LogP contribution in [0.4, 0.5) is 0 Å². The van der Waals surface area contributed by atoms with Crippen molar-refractivity contribution < 1.29 is 17.9 Å². The van der Waals surface area contributed by atoms with E-state index in [1.807, 2.05) is 6.92 Å². The molecule has 24 heavy (non-hydrogen) atoms. The lowest BCUT2D eigenvalue weighted by molar-refractivity contribution is -0.124. The highest BCUT2D eigenvalue weighted by Crippen LogP contribution is 2.35. The molecule has 5 nitrogen and oxygen atoms in total. The predicted molar refractivity (Wildman–Crippen MR) is 92.6 cm³/mol. The quantitative estimate of drug-likeness (QED) is 0.897. The van der Waals surface area contributed by atoms with Crippen LogP contribution in [0, 0.1) is 6.92 Å². The maximum atomic E-state index is 12.2. The van der Waals surface area contributed by atoms with Crippen molar-refractivity contribution >= 4 is 15.7 Å². The molecule has 0 radical (unpaired) electrons. The van der Waals surface area contributed by atoms with Gasteiger partial charge in [0.05, 0.1) is 17.1 Å². The molecular weight excluding hydrogens is 326 g/mol. The summed E-state index contributed by atoms with van der Waals surface area (Å²) in [7, 11) is -2.99. The van der Waals surface area contributed by atoms with Crippen molar-refractivity contribution in [1.29, 1.82) is 0 Å². The normalized spacial score (nSPS) is 28.8. The average Bonchev–Trinajstić information content (AvgIpc) is 2.81. The predicted octanol–water partition coefficient (Wildman–Crippen LogP) is 1.78. The Balaban J connectivity index is 1.50. The van der Waals surface area contributed by atoms with Crippen molar-refractivity contribution in [2.75, 3.05) is 18.1 Å². The van der Waals surface area contributed by atoms with Crippen LogP contribution in [0.15, 0.2) is 24.3 Å². The zero-order chi connectivity index (χ0) is 17.2. The number of carbonyl (C=O) groups excluding carboxylic acids is 1. The van der Waals surface area contributed by atoms with Crippen LogP contribution < -0.4 is 5.32 Å². The summed E-state index contributed by atoms with van der Waals surface area (Å²) in [4.78, 5) is 12.2. The number of benzene rings is 1. The number of hydrogen-bond acceptors (Lipinski definition) is 4. The number of nitrogens with one attached hydrogen (secondary N) is 1. The molecule has 0 aromatic heterocycles. The van der Waals surface area contributed by atoms with E-state index in [9.17, 15) is 13.2 Å². The van der Waals surface area contributed by atoms with E-state index in [-0.39, 0.29) is 23.5 Å². The van der Waals surface area contributed by atoms with E-state index in [4.69, 9.17) is 4.74 Å². The van der Waals surface area contributed by atoms with Gasteiger partial charge in [-0.2, -0.15) is 0 Å². The third kappa shape index (κ3) is 4.36.